The molecule has 11 heteroatoms. The molecule has 224 valence electrons. The summed E-state index contributed by atoms with van der Waals surface area (Å²) in [5.74, 6) is -1.09. The van der Waals surface area contributed by atoms with Crippen LogP contribution in [0.4, 0.5) is 0 Å². The SMILES string of the molecule is CCc1nc2ccccn2c1C(C(=O)C(c1cc(I)c(O)c(I)c1)c1c(CC)nc2ccccn12)c1cc(I)c(O)c(I)c1. The van der Waals surface area contributed by atoms with Gasteiger partial charge in [0.15, 0.2) is 5.78 Å². The van der Waals surface area contributed by atoms with Crippen LogP contribution in [0.1, 0.15) is 59.6 Å². The van der Waals surface area contributed by atoms with Crippen molar-refractivity contribution in [2.75, 3.05) is 0 Å². The zero-order chi connectivity index (χ0) is 31.3. The van der Waals surface area contributed by atoms with Gasteiger partial charge in [-0.05, 0) is 163 Å². The van der Waals surface area contributed by atoms with Gasteiger partial charge in [0, 0.05) is 12.4 Å². The van der Waals surface area contributed by atoms with Gasteiger partial charge < -0.3 is 19.0 Å². The van der Waals surface area contributed by atoms with E-state index in [1.807, 2.05) is 81.9 Å². The molecule has 4 aromatic heterocycles. The Bertz CT molecular complexity index is 1880. The molecule has 0 fully saturated rings. The summed E-state index contributed by atoms with van der Waals surface area (Å²) in [5, 5.41) is 21.4. The van der Waals surface area contributed by atoms with Gasteiger partial charge in [-0.1, -0.05) is 26.0 Å². The number of rotatable bonds is 8. The van der Waals surface area contributed by atoms with Gasteiger partial charge in [-0.3, -0.25) is 4.79 Å². The number of halogens is 4. The Morgan fingerprint density at radius 3 is 1.39 bits per heavy atom. The Hall–Kier alpha value is -1.99. The summed E-state index contributed by atoms with van der Waals surface area (Å²) >= 11 is 8.51. The number of phenols is 2. The summed E-state index contributed by atoms with van der Waals surface area (Å²) in [6.07, 6.45) is 5.20. The summed E-state index contributed by atoms with van der Waals surface area (Å²) in [4.78, 5) is 25.6. The molecule has 0 radical (unpaired) electrons. The van der Waals surface area contributed by atoms with Crippen molar-refractivity contribution in [1.82, 2.24) is 18.8 Å². The number of fused-ring (bicyclic) bond motifs is 2. The third-order valence-electron chi connectivity index (χ3n) is 7.82. The molecule has 0 amide bonds. The molecule has 6 rings (SSSR count). The Morgan fingerprint density at radius 2 is 1.05 bits per heavy atom. The quantitative estimate of drug-likeness (QED) is 0.150. The van der Waals surface area contributed by atoms with Crippen LogP contribution in [0, 0.1) is 14.3 Å². The first kappa shape index (κ1) is 32.0. The van der Waals surface area contributed by atoms with Crippen molar-refractivity contribution in [3.63, 3.8) is 0 Å². The Morgan fingerprint density at radius 1 is 0.682 bits per heavy atom. The predicted octanol–water partition coefficient (Wildman–Crippen LogP) is 8.47. The number of hydrogen-bond acceptors (Lipinski definition) is 5. The second kappa shape index (κ2) is 13.0. The van der Waals surface area contributed by atoms with Crippen LogP contribution in [-0.2, 0) is 17.6 Å². The summed E-state index contributed by atoms with van der Waals surface area (Å²) < 4.78 is 6.72. The van der Waals surface area contributed by atoms with Crippen LogP contribution in [0.2, 0.25) is 0 Å². The maximum atomic E-state index is 15.7. The molecule has 0 spiro atoms. The minimum atomic E-state index is -0.724. The predicted molar refractivity (Wildman–Crippen MR) is 205 cm³/mol. The lowest BCUT2D eigenvalue weighted by Gasteiger charge is -2.26. The Balaban J connectivity index is 1.71. The van der Waals surface area contributed by atoms with Gasteiger partial charge in [0.25, 0.3) is 0 Å². The van der Waals surface area contributed by atoms with E-state index >= 15 is 4.79 Å². The smallest absolute Gasteiger partial charge is 0.159 e. The minimum absolute atomic E-state index is 0.0414. The van der Waals surface area contributed by atoms with Crippen LogP contribution in [0.3, 0.4) is 0 Å². The van der Waals surface area contributed by atoms with Crippen molar-refractivity contribution >= 4 is 107 Å². The van der Waals surface area contributed by atoms with Crippen molar-refractivity contribution in [3.05, 3.63) is 121 Å². The van der Waals surface area contributed by atoms with E-state index in [4.69, 9.17) is 9.97 Å². The standard InChI is InChI=1S/C33H26I4N4O3/c1-3-23-29(40-11-7-5-9-25(40)38-23)27(17-13-19(34)31(42)20(35)14-17)33(44)28(18-15-21(36)32(43)22(37)16-18)30-24(4-2)39-26-10-6-8-12-41(26)30/h5-16,27-28,42-43H,3-4H2,1-2H3. The molecule has 7 nitrogen and oxygen atoms in total. The number of ketones is 1. The number of pyridine rings is 2. The molecular formula is C33H26I4N4O3. The van der Waals surface area contributed by atoms with Crippen LogP contribution in [-0.4, -0.2) is 34.8 Å². The van der Waals surface area contributed by atoms with Crippen molar-refractivity contribution in [2.45, 2.75) is 38.5 Å². The fraction of sp³-hybridized carbons (Fsp3) is 0.182. The highest BCUT2D eigenvalue weighted by Crippen LogP contribution is 2.42. The summed E-state index contributed by atoms with van der Waals surface area (Å²) in [6, 6.07) is 19.3. The van der Waals surface area contributed by atoms with Gasteiger partial charge in [0.1, 0.15) is 22.8 Å². The van der Waals surface area contributed by atoms with Crippen LogP contribution in [0.15, 0.2) is 73.1 Å². The second-order valence-corrected chi connectivity index (χ2v) is 15.0. The molecule has 2 aromatic carbocycles. The van der Waals surface area contributed by atoms with E-state index < -0.39 is 11.8 Å². The van der Waals surface area contributed by atoms with Crippen molar-refractivity contribution < 1.29 is 15.0 Å². The number of aromatic nitrogens is 4. The van der Waals surface area contributed by atoms with E-state index in [9.17, 15) is 10.2 Å². The number of aromatic hydroxyl groups is 2. The number of nitrogens with zero attached hydrogens (tertiary/aromatic N) is 4. The number of phenolic OH excluding ortho intramolecular Hbond substituents is 2. The van der Waals surface area contributed by atoms with E-state index in [1.165, 1.54) is 0 Å². The first-order chi connectivity index (χ1) is 21.1. The monoisotopic (exact) mass is 1030 g/mol. The van der Waals surface area contributed by atoms with Gasteiger partial charge in [0.05, 0.1) is 48.9 Å². The van der Waals surface area contributed by atoms with Gasteiger partial charge in [-0.15, -0.1) is 0 Å². The van der Waals surface area contributed by atoms with E-state index in [2.05, 4.69) is 104 Å². The average molecular weight is 1030 g/mol. The molecule has 2 atom stereocenters. The largest absolute Gasteiger partial charge is 0.506 e. The highest BCUT2D eigenvalue weighted by molar-refractivity contribution is 14.1. The average Bonchev–Trinajstić information content (AvgIpc) is 3.57. The van der Waals surface area contributed by atoms with Crippen molar-refractivity contribution in [2.24, 2.45) is 0 Å². The Labute approximate surface area is 309 Å². The van der Waals surface area contributed by atoms with Gasteiger partial charge >= 0.3 is 0 Å². The summed E-state index contributed by atoms with van der Waals surface area (Å²) in [7, 11) is 0. The first-order valence-electron chi connectivity index (χ1n) is 14.0. The van der Waals surface area contributed by atoms with Crippen molar-refractivity contribution in [3.8, 4) is 11.5 Å². The van der Waals surface area contributed by atoms with Crippen LogP contribution in [0.5, 0.6) is 11.5 Å². The molecule has 0 aliphatic heterocycles. The van der Waals surface area contributed by atoms with E-state index in [1.54, 1.807) is 0 Å². The maximum absolute atomic E-state index is 15.7. The lowest BCUT2D eigenvalue weighted by molar-refractivity contribution is -0.120. The van der Waals surface area contributed by atoms with E-state index in [0.29, 0.717) is 27.1 Å². The summed E-state index contributed by atoms with van der Waals surface area (Å²) in [5.41, 5.74) is 6.41. The third-order valence-corrected chi connectivity index (χ3v) is 11.1. The number of carbonyl (C=O) groups excluding carboxylic acids is 1. The molecular weight excluding hydrogens is 1010 g/mol. The number of imidazole rings is 2. The fourth-order valence-electron chi connectivity index (χ4n) is 5.84. The highest BCUT2D eigenvalue weighted by atomic mass is 127. The number of carbonyl (C=O) groups is 1. The number of Topliss-reactive ketones (excluding diaryl/α,β-unsaturated/α-hetero) is 1. The summed E-state index contributed by atoms with van der Waals surface area (Å²) in [6.45, 7) is 4.11. The second-order valence-electron chi connectivity index (χ2n) is 10.4. The first-order valence-corrected chi connectivity index (χ1v) is 18.3. The van der Waals surface area contributed by atoms with Crippen LogP contribution >= 0.6 is 90.4 Å². The minimum Gasteiger partial charge on any atom is -0.506 e. The lowest BCUT2D eigenvalue weighted by atomic mass is 9.79. The topological polar surface area (TPSA) is 92.1 Å². The van der Waals surface area contributed by atoms with Crippen LogP contribution in [0.25, 0.3) is 11.3 Å². The molecule has 0 saturated carbocycles. The molecule has 0 bridgehead atoms. The van der Waals surface area contributed by atoms with Crippen LogP contribution < -0.4 is 0 Å². The van der Waals surface area contributed by atoms with Gasteiger partial charge in [-0.25, -0.2) is 9.97 Å². The molecule has 6 aromatic rings. The van der Waals surface area contributed by atoms with Crippen molar-refractivity contribution in [1.29, 1.82) is 0 Å². The lowest BCUT2D eigenvalue weighted by Crippen LogP contribution is -2.27. The fourth-order valence-corrected chi connectivity index (χ4v) is 9.48. The van der Waals surface area contributed by atoms with E-state index in [0.717, 1.165) is 45.2 Å². The molecule has 44 heavy (non-hydrogen) atoms. The van der Waals surface area contributed by atoms with Gasteiger partial charge in [-0.2, -0.15) is 0 Å². The highest BCUT2D eigenvalue weighted by Gasteiger charge is 2.39. The molecule has 0 saturated heterocycles. The number of hydrogen-bond donors (Lipinski definition) is 2. The zero-order valence-electron chi connectivity index (χ0n) is 23.6. The zero-order valence-corrected chi connectivity index (χ0v) is 32.2. The molecule has 0 aliphatic rings. The molecule has 4 heterocycles. The maximum Gasteiger partial charge on any atom is 0.159 e. The third kappa shape index (κ3) is 5.63. The molecule has 0 aliphatic carbocycles. The normalized spacial score (nSPS) is 13.0. The Kier molecular flexibility index (Phi) is 9.46. The molecule has 2 unspecified atom stereocenters. The number of aryl methyl sites for hydroxylation is 2. The van der Waals surface area contributed by atoms with E-state index in [-0.39, 0.29) is 17.3 Å². The molecule has 2 N–H and O–H groups in total. The van der Waals surface area contributed by atoms with Gasteiger partial charge in [0.2, 0.25) is 0 Å². The number of benzene rings is 2.